The highest BCUT2D eigenvalue weighted by molar-refractivity contribution is 7.87. The van der Waals surface area contributed by atoms with Gasteiger partial charge in [0.05, 0.1) is 6.54 Å². The molecule has 0 fully saturated rings. The highest BCUT2D eigenvalue weighted by Gasteiger charge is 2.32. The molecule has 3 N–H and O–H groups in total. The van der Waals surface area contributed by atoms with E-state index in [-0.39, 0.29) is 10.8 Å². The van der Waals surface area contributed by atoms with Crippen LogP contribution in [0.15, 0.2) is 0 Å². The normalized spacial score (nSPS) is 13.6. The summed E-state index contributed by atoms with van der Waals surface area (Å²) < 4.78 is 83.2. The van der Waals surface area contributed by atoms with Crippen LogP contribution < -0.4 is 10.5 Å². The van der Waals surface area contributed by atoms with Gasteiger partial charge in [0.25, 0.3) is 16.6 Å². The van der Waals surface area contributed by atoms with Gasteiger partial charge >= 0.3 is 6.18 Å². The van der Waals surface area contributed by atoms with Crippen molar-refractivity contribution < 1.29 is 30.4 Å². The third-order valence-corrected chi connectivity index (χ3v) is 3.04. The monoisotopic (exact) mass is 285 g/mol. The molecule has 0 spiro atoms. The molecule has 5 nitrogen and oxygen atoms in total. The first-order valence-electron chi connectivity index (χ1n) is 4.38. The number of hydrogen-bond acceptors (Lipinski definition) is 3. The summed E-state index contributed by atoms with van der Waals surface area (Å²) in [6, 6.07) is 0. The summed E-state index contributed by atoms with van der Waals surface area (Å²) >= 11 is 0. The minimum absolute atomic E-state index is 0.170. The van der Waals surface area contributed by atoms with Gasteiger partial charge in [0.15, 0.2) is 0 Å². The van der Waals surface area contributed by atoms with Crippen molar-refractivity contribution in [3.63, 3.8) is 0 Å². The molecule has 0 bridgehead atoms. The molecule has 0 aliphatic rings. The van der Waals surface area contributed by atoms with Gasteiger partial charge in [-0.1, -0.05) is 0 Å². The summed E-state index contributed by atoms with van der Waals surface area (Å²) in [7, 11) is -4.61. The zero-order valence-corrected chi connectivity index (χ0v) is 9.36. The summed E-state index contributed by atoms with van der Waals surface area (Å²) in [5.74, 6) is 0. The Kier molecular flexibility index (Phi) is 6.23. The van der Waals surface area contributed by atoms with E-state index in [1.165, 1.54) is 4.72 Å². The van der Waals surface area contributed by atoms with Crippen LogP contribution in [0.1, 0.15) is 0 Å². The summed E-state index contributed by atoms with van der Waals surface area (Å²) in [5.41, 5.74) is 4.98. The Balaban J connectivity index is 4.60. The molecule has 0 unspecified atom stereocenters. The Morgan fingerprint density at radius 1 is 1.29 bits per heavy atom. The molecule has 0 aromatic heterocycles. The first-order valence-corrected chi connectivity index (χ1v) is 5.82. The SMILES string of the molecule is NCCN(CC(F)F)S(=O)(=O)NCC(F)(F)F. The van der Waals surface area contributed by atoms with Crippen molar-refractivity contribution in [3.05, 3.63) is 0 Å². The van der Waals surface area contributed by atoms with E-state index in [4.69, 9.17) is 5.73 Å². The fourth-order valence-corrected chi connectivity index (χ4v) is 2.06. The molecule has 0 amide bonds. The van der Waals surface area contributed by atoms with Crippen LogP contribution in [0.3, 0.4) is 0 Å². The van der Waals surface area contributed by atoms with Crippen molar-refractivity contribution in [1.29, 1.82) is 0 Å². The maximum atomic E-state index is 12.0. The lowest BCUT2D eigenvalue weighted by Gasteiger charge is -2.21. The first kappa shape index (κ1) is 16.5. The van der Waals surface area contributed by atoms with Gasteiger partial charge in [-0.25, -0.2) is 8.78 Å². The molecule has 0 rings (SSSR count). The molecule has 104 valence electrons. The highest BCUT2D eigenvalue weighted by Crippen LogP contribution is 2.13. The van der Waals surface area contributed by atoms with Crippen molar-refractivity contribution in [1.82, 2.24) is 9.03 Å². The second kappa shape index (κ2) is 6.42. The summed E-state index contributed by atoms with van der Waals surface area (Å²) in [6.45, 7) is -3.79. The third-order valence-electron chi connectivity index (χ3n) is 1.52. The van der Waals surface area contributed by atoms with Crippen LogP contribution in [0, 0.1) is 0 Å². The molecule has 0 aliphatic carbocycles. The van der Waals surface area contributed by atoms with Gasteiger partial charge in [0.1, 0.15) is 6.54 Å². The average molecular weight is 285 g/mol. The average Bonchev–Trinajstić information content (AvgIpc) is 2.13. The van der Waals surface area contributed by atoms with E-state index in [2.05, 4.69) is 0 Å². The minimum Gasteiger partial charge on any atom is -0.329 e. The van der Waals surface area contributed by atoms with Gasteiger partial charge in [0, 0.05) is 13.1 Å². The smallest absolute Gasteiger partial charge is 0.329 e. The van der Waals surface area contributed by atoms with E-state index >= 15 is 0 Å². The van der Waals surface area contributed by atoms with Crippen LogP contribution in [-0.4, -0.2) is 51.5 Å². The molecule has 17 heavy (non-hydrogen) atoms. The van der Waals surface area contributed by atoms with E-state index in [1.807, 2.05) is 0 Å². The number of nitrogens with zero attached hydrogens (tertiary/aromatic N) is 1. The Hall–Kier alpha value is -0.520. The molecule has 0 heterocycles. The van der Waals surface area contributed by atoms with E-state index in [0.29, 0.717) is 0 Å². The second-order valence-electron chi connectivity index (χ2n) is 2.98. The third kappa shape index (κ3) is 7.41. The number of rotatable bonds is 7. The van der Waals surface area contributed by atoms with Crippen LogP contribution in [-0.2, 0) is 10.2 Å². The van der Waals surface area contributed by atoms with Crippen LogP contribution in [0.2, 0.25) is 0 Å². The maximum Gasteiger partial charge on any atom is 0.402 e. The molecule has 0 aromatic carbocycles. The lowest BCUT2D eigenvalue weighted by atomic mass is 10.6. The van der Waals surface area contributed by atoms with Gasteiger partial charge in [-0.3, -0.25) is 0 Å². The fraction of sp³-hybridized carbons (Fsp3) is 1.00. The van der Waals surface area contributed by atoms with Crippen molar-refractivity contribution in [2.24, 2.45) is 5.73 Å². The van der Waals surface area contributed by atoms with Gasteiger partial charge in [-0.05, 0) is 0 Å². The molecule has 11 heteroatoms. The quantitative estimate of drug-likeness (QED) is 0.642. The predicted octanol–water partition coefficient (Wildman–Crippen LogP) is -0.0911. The van der Waals surface area contributed by atoms with Crippen molar-refractivity contribution in [2.45, 2.75) is 12.6 Å². The van der Waals surface area contributed by atoms with E-state index in [9.17, 15) is 30.4 Å². The molecule has 0 aromatic rings. The number of hydrogen-bond donors (Lipinski definition) is 2. The molecular weight excluding hydrogens is 273 g/mol. The van der Waals surface area contributed by atoms with Crippen molar-refractivity contribution in [2.75, 3.05) is 26.2 Å². The van der Waals surface area contributed by atoms with Gasteiger partial charge < -0.3 is 5.73 Å². The van der Waals surface area contributed by atoms with Crippen molar-refractivity contribution in [3.8, 4) is 0 Å². The van der Waals surface area contributed by atoms with E-state index in [1.54, 1.807) is 0 Å². The van der Waals surface area contributed by atoms with Crippen LogP contribution in [0.5, 0.6) is 0 Å². The molecule has 0 radical (unpaired) electrons. The maximum absolute atomic E-state index is 12.0. The first-order chi connectivity index (χ1) is 7.58. The van der Waals surface area contributed by atoms with E-state index in [0.717, 1.165) is 0 Å². The lowest BCUT2D eigenvalue weighted by Crippen LogP contribution is -2.47. The molecular formula is C6H12F5N3O2S. The summed E-state index contributed by atoms with van der Waals surface area (Å²) in [4.78, 5) is 0. The number of nitrogens with two attached hydrogens (primary N) is 1. The minimum atomic E-state index is -4.76. The largest absolute Gasteiger partial charge is 0.402 e. The zero-order valence-electron chi connectivity index (χ0n) is 8.54. The number of alkyl halides is 5. The predicted molar refractivity (Wildman–Crippen MR) is 49.6 cm³/mol. The van der Waals surface area contributed by atoms with Crippen LogP contribution in [0.25, 0.3) is 0 Å². The molecule has 0 saturated heterocycles. The second-order valence-corrected chi connectivity index (χ2v) is 4.73. The van der Waals surface area contributed by atoms with Crippen molar-refractivity contribution >= 4 is 10.2 Å². The topological polar surface area (TPSA) is 75.4 Å². The van der Waals surface area contributed by atoms with Crippen LogP contribution in [0.4, 0.5) is 22.0 Å². The lowest BCUT2D eigenvalue weighted by molar-refractivity contribution is -0.121. The molecule has 0 atom stereocenters. The van der Waals surface area contributed by atoms with E-state index < -0.39 is 42.4 Å². The fourth-order valence-electron chi connectivity index (χ4n) is 0.872. The number of halogens is 5. The zero-order chi connectivity index (χ0) is 13.7. The molecule has 0 aliphatic heterocycles. The highest BCUT2D eigenvalue weighted by atomic mass is 32.2. The molecule has 0 saturated carbocycles. The standard InChI is InChI=1S/C6H12F5N3O2S/c7-5(8)3-14(2-1-12)17(15,16)13-4-6(9,10)11/h5,13H,1-4,12H2. The number of nitrogens with one attached hydrogen (secondary N) is 1. The Morgan fingerprint density at radius 2 is 1.82 bits per heavy atom. The van der Waals surface area contributed by atoms with Gasteiger partial charge in [0.2, 0.25) is 0 Å². The Bertz CT molecular complexity index is 318. The summed E-state index contributed by atoms with van der Waals surface area (Å²) in [5, 5.41) is 0. The van der Waals surface area contributed by atoms with Gasteiger partial charge in [-0.15, -0.1) is 0 Å². The summed E-state index contributed by atoms with van der Waals surface area (Å²) in [6.07, 6.45) is -7.75. The Morgan fingerprint density at radius 3 is 2.18 bits per heavy atom. The Labute approximate surface area is 94.9 Å². The van der Waals surface area contributed by atoms with Crippen LogP contribution >= 0.6 is 0 Å². The van der Waals surface area contributed by atoms with Gasteiger partial charge in [-0.2, -0.15) is 30.6 Å².